The molecule has 3 aromatic carbocycles. The van der Waals surface area contributed by atoms with Crippen molar-refractivity contribution >= 4 is 45.8 Å². The van der Waals surface area contributed by atoms with Crippen molar-refractivity contribution in [1.29, 1.82) is 0 Å². The summed E-state index contributed by atoms with van der Waals surface area (Å²) in [6.07, 6.45) is 1.72. The molecule has 0 spiro atoms. The van der Waals surface area contributed by atoms with Gasteiger partial charge in [0.25, 0.3) is 5.91 Å². The number of fused-ring (bicyclic) bond motifs is 1. The molecule has 0 aliphatic rings. The van der Waals surface area contributed by atoms with Crippen molar-refractivity contribution in [2.75, 3.05) is 10.6 Å². The molecule has 1 heterocycles. The maximum Gasteiger partial charge on any atom is 0.255 e. The van der Waals surface area contributed by atoms with Gasteiger partial charge >= 0.3 is 0 Å². The van der Waals surface area contributed by atoms with Crippen molar-refractivity contribution in [2.45, 2.75) is 13.3 Å². The molecule has 4 rings (SSSR count). The molecule has 0 atom stereocenters. The minimum absolute atomic E-state index is 0.132. The smallest absolute Gasteiger partial charge is 0.255 e. The van der Waals surface area contributed by atoms with E-state index >= 15 is 0 Å². The van der Waals surface area contributed by atoms with Crippen molar-refractivity contribution in [3.05, 3.63) is 94.7 Å². The van der Waals surface area contributed by atoms with Gasteiger partial charge in [0.15, 0.2) is 0 Å². The fourth-order valence-corrected chi connectivity index (χ4v) is 3.35. The number of furan rings is 1. The maximum absolute atomic E-state index is 12.6. The number of hydrogen-bond acceptors (Lipinski definition) is 3. The van der Waals surface area contributed by atoms with Gasteiger partial charge in [-0.3, -0.25) is 9.59 Å². The third-order valence-corrected chi connectivity index (χ3v) is 5.03. The summed E-state index contributed by atoms with van der Waals surface area (Å²) in [5.74, 6) is -0.537. The molecule has 0 fully saturated rings. The first kappa shape index (κ1) is 19.7. The van der Waals surface area contributed by atoms with Crippen LogP contribution in [-0.2, 0) is 11.2 Å². The van der Waals surface area contributed by atoms with Crippen molar-refractivity contribution in [3.63, 3.8) is 0 Å². The number of benzene rings is 3. The Morgan fingerprint density at radius 2 is 1.77 bits per heavy atom. The minimum atomic E-state index is -0.287. The van der Waals surface area contributed by atoms with Crippen LogP contribution in [0.5, 0.6) is 0 Å². The van der Waals surface area contributed by atoms with Crippen molar-refractivity contribution in [3.8, 4) is 0 Å². The Morgan fingerprint density at radius 1 is 0.967 bits per heavy atom. The van der Waals surface area contributed by atoms with E-state index in [1.807, 2.05) is 43.3 Å². The molecule has 30 heavy (non-hydrogen) atoms. The lowest BCUT2D eigenvalue weighted by molar-refractivity contribution is -0.115. The molecular formula is C24H19ClN2O3. The van der Waals surface area contributed by atoms with Crippen LogP contribution in [0.3, 0.4) is 0 Å². The van der Waals surface area contributed by atoms with E-state index in [1.165, 1.54) is 0 Å². The summed E-state index contributed by atoms with van der Waals surface area (Å²) >= 11 is 6.23. The lowest BCUT2D eigenvalue weighted by Gasteiger charge is -2.10. The summed E-state index contributed by atoms with van der Waals surface area (Å²) in [5.41, 5.74) is 4.08. The second-order valence-corrected chi connectivity index (χ2v) is 7.41. The van der Waals surface area contributed by atoms with Crippen LogP contribution in [0.4, 0.5) is 11.4 Å². The van der Waals surface area contributed by atoms with Crippen LogP contribution in [-0.4, -0.2) is 11.8 Å². The van der Waals surface area contributed by atoms with E-state index in [9.17, 15) is 9.59 Å². The second kappa shape index (κ2) is 8.43. The summed E-state index contributed by atoms with van der Waals surface area (Å²) in [5, 5.41) is 6.86. The van der Waals surface area contributed by atoms with Crippen LogP contribution in [0.15, 0.2) is 77.4 Å². The number of carbonyl (C=O) groups excluding carboxylic acids is 2. The molecule has 1 aromatic heterocycles. The molecule has 0 saturated carbocycles. The van der Waals surface area contributed by atoms with E-state index in [-0.39, 0.29) is 18.2 Å². The second-order valence-electron chi connectivity index (χ2n) is 7.00. The molecule has 0 saturated heterocycles. The topological polar surface area (TPSA) is 71.3 Å². The fourth-order valence-electron chi connectivity index (χ4n) is 3.18. The standard InChI is InChI=1S/C24H19ClN2O3/c1-15-7-9-19-17(14-30-22(19)11-15)13-23(28)27-21-12-16(8-10-20(21)25)24(29)26-18-5-3-2-4-6-18/h2-12,14H,13H2,1H3,(H,26,29)(H,27,28). The predicted octanol–water partition coefficient (Wildman–Crippen LogP) is 5.83. The van der Waals surface area contributed by atoms with Crippen molar-refractivity contribution in [1.82, 2.24) is 0 Å². The largest absolute Gasteiger partial charge is 0.464 e. The SMILES string of the molecule is Cc1ccc2c(CC(=O)Nc3cc(C(=O)Nc4ccccc4)ccc3Cl)coc2c1. The first-order valence-corrected chi connectivity index (χ1v) is 9.80. The van der Waals surface area contributed by atoms with Crippen molar-refractivity contribution in [2.24, 2.45) is 0 Å². The number of anilines is 2. The average molecular weight is 419 g/mol. The molecule has 0 aliphatic heterocycles. The molecule has 0 aliphatic carbocycles. The zero-order valence-corrected chi connectivity index (χ0v) is 17.0. The number of rotatable bonds is 5. The minimum Gasteiger partial charge on any atom is -0.464 e. The number of hydrogen-bond donors (Lipinski definition) is 2. The van der Waals surface area contributed by atoms with Crippen LogP contribution >= 0.6 is 11.6 Å². The number of aryl methyl sites for hydroxylation is 1. The summed E-state index contributed by atoms with van der Waals surface area (Å²) in [6.45, 7) is 1.98. The van der Waals surface area contributed by atoms with E-state index in [1.54, 1.807) is 36.6 Å². The lowest BCUT2D eigenvalue weighted by atomic mass is 10.1. The first-order valence-electron chi connectivity index (χ1n) is 9.42. The predicted molar refractivity (Wildman–Crippen MR) is 119 cm³/mol. The number of para-hydroxylation sites is 1. The molecule has 0 unspecified atom stereocenters. The fraction of sp³-hybridized carbons (Fsp3) is 0.0833. The Labute approximate surface area is 178 Å². The van der Waals surface area contributed by atoms with Crippen LogP contribution in [0.2, 0.25) is 5.02 Å². The normalized spacial score (nSPS) is 10.7. The van der Waals surface area contributed by atoms with Crippen LogP contribution < -0.4 is 10.6 Å². The van der Waals surface area contributed by atoms with Gasteiger partial charge in [-0.2, -0.15) is 0 Å². The number of halogens is 1. The third-order valence-electron chi connectivity index (χ3n) is 4.70. The maximum atomic E-state index is 12.6. The molecular weight excluding hydrogens is 400 g/mol. The van der Waals surface area contributed by atoms with Gasteiger partial charge in [0.2, 0.25) is 5.91 Å². The lowest BCUT2D eigenvalue weighted by Crippen LogP contribution is -2.16. The van der Waals surface area contributed by atoms with Crippen LogP contribution in [0.1, 0.15) is 21.5 Å². The van der Waals surface area contributed by atoms with Gasteiger partial charge in [-0.1, -0.05) is 41.9 Å². The highest BCUT2D eigenvalue weighted by Gasteiger charge is 2.14. The van der Waals surface area contributed by atoms with E-state index in [2.05, 4.69) is 10.6 Å². The van der Waals surface area contributed by atoms with Gasteiger partial charge in [0.05, 0.1) is 23.4 Å². The third kappa shape index (κ3) is 4.36. The van der Waals surface area contributed by atoms with Gasteiger partial charge in [-0.25, -0.2) is 0 Å². The van der Waals surface area contributed by atoms with Crippen LogP contribution in [0.25, 0.3) is 11.0 Å². The van der Waals surface area contributed by atoms with E-state index in [0.717, 1.165) is 22.1 Å². The Hall–Kier alpha value is -3.57. The van der Waals surface area contributed by atoms with Crippen LogP contribution in [0, 0.1) is 6.92 Å². The Morgan fingerprint density at radius 3 is 2.57 bits per heavy atom. The highest BCUT2D eigenvalue weighted by molar-refractivity contribution is 6.34. The molecule has 2 amide bonds. The van der Waals surface area contributed by atoms with E-state index in [4.69, 9.17) is 16.0 Å². The number of carbonyl (C=O) groups is 2. The molecule has 4 aromatic rings. The zero-order chi connectivity index (χ0) is 21.1. The van der Waals surface area contributed by atoms with Gasteiger partial charge in [-0.05, 0) is 48.9 Å². The molecule has 6 heteroatoms. The molecule has 5 nitrogen and oxygen atoms in total. The summed E-state index contributed by atoms with van der Waals surface area (Å²) in [6, 6.07) is 19.8. The monoisotopic (exact) mass is 418 g/mol. The van der Waals surface area contributed by atoms with Gasteiger partial charge < -0.3 is 15.1 Å². The van der Waals surface area contributed by atoms with Gasteiger partial charge in [-0.15, -0.1) is 0 Å². The number of amides is 2. The highest BCUT2D eigenvalue weighted by atomic mass is 35.5. The van der Waals surface area contributed by atoms with E-state index in [0.29, 0.717) is 22.0 Å². The van der Waals surface area contributed by atoms with Gasteiger partial charge in [0, 0.05) is 22.2 Å². The summed E-state index contributed by atoms with van der Waals surface area (Å²) in [7, 11) is 0. The molecule has 150 valence electrons. The Bertz CT molecular complexity index is 1230. The molecule has 0 radical (unpaired) electrons. The summed E-state index contributed by atoms with van der Waals surface area (Å²) in [4.78, 5) is 25.1. The average Bonchev–Trinajstić information content (AvgIpc) is 3.12. The Balaban J connectivity index is 1.49. The molecule has 0 bridgehead atoms. The number of nitrogens with one attached hydrogen (secondary N) is 2. The summed E-state index contributed by atoms with van der Waals surface area (Å²) < 4.78 is 5.55. The van der Waals surface area contributed by atoms with E-state index < -0.39 is 0 Å². The zero-order valence-electron chi connectivity index (χ0n) is 16.2. The van der Waals surface area contributed by atoms with Gasteiger partial charge in [0.1, 0.15) is 5.58 Å². The Kier molecular flexibility index (Phi) is 5.55. The quantitative estimate of drug-likeness (QED) is 0.428. The first-order chi connectivity index (χ1) is 14.5. The van der Waals surface area contributed by atoms with Crippen molar-refractivity contribution < 1.29 is 14.0 Å². The highest BCUT2D eigenvalue weighted by Crippen LogP contribution is 2.26. The molecule has 2 N–H and O–H groups in total.